The maximum atomic E-state index is 5.77. The molecule has 5 nitrogen and oxygen atoms in total. The van der Waals surface area contributed by atoms with E-state index >= 15 is 0 Å². The molecule has 1 N–H and O–H groups in total. The van der Waals surface area contributed by atoms with E-state index in [-0.39, 0.29) is 6.04 Å². The molecule has 2 aromatic rings. The second-order valence-corrected chi connectivity index (χ2v) is 5.94. The molecule has 0 aliphatic carbocycles. The summed E-state index contributed by atoms with van der Waals surface area (Å²) in [7, 11) is 3.37. The zero-order valence-electron chi connectivity index (χ0n) is 13.9. The van der Waals surface area contributed by atoms with Crippen molar-refractivity contribution in [1.29, 1.82) is 0 Å². The second kappa shape index (κ2) is 6.24. The van der Waals surface area contributed by atoms with Gasteiger partial charge in [0.15, 0.2) is 11.5 Å². The highest BCUT2D eigenvalue weighted by Gasteiger charge is 2.27. The summed E-state index contributed by atoms with van der Waals surface area (Å²) in [6.45, 7) is 2.10. The molecule has 0 aromatic heterocycles. The van der Waals surface area contributed by atoms with Gasteiger partial charge < -0.3 is 24.3 Å². The fraction of sp³-hybridized carbons (Fsp3) is 0.368. The molecule has 24 heavy (non-hydrogen) atoms. The van der Waals surface area contributed by atoms with Crippen LogP contribution in [-0.2, 0) is 6.42 Å². The molecular weight excluding hydrogens is 306 g/mol. The van der Waals surface area contributed by atoms with Crippen molar-refractivity contribution in [2.24, 2.45) is 0 Å². The highest BCUT2D eigenvalue weighted by atomic mass is 16.6. The molecule has 5 heteroatoms. The number of nitrogens with one attached hydrogen (secondary N) is 1. The number of hydrogen-bond acceptors (Lipinski definition) is 5. The van der Waals surface area contributed by atoms with E-state index in [0.29, 0.717) is 13.2 Å². The molecular formula is C19H21NO4. The van der Waals surface area contributed by atoms with E-state index in [1.54, 1.807) is 14.2 Å². The first-order chi connectivity index (χ1) is 11.8. The van der Waals surface area contributed by atoms with Gasteiger partial charge in [0.1, 0.15) is 24.7 Å². The van der Waals surface area contributed by atoms with E-state index in [4.69, 9.17) is 18.9 Å². The van der Waals surface area contributed by atoms with Gasteiger partial charge in [-0.3, -0.25) is 0 Å². The van der Waals surface area contributed by atoms with Crippen LogP contribution in [0.2, 0.25) is 0 Å². The maximum absolute atomic E-state index is 5.77. The van der Waals surface area contributed by atoms with Gasteiger partial charge in [-0.2, -0.15) is 0 Å². The van der Waals surface area contributed by atoms with Crippen molar-refractivity contribution in [3.63, 3.8) is 0 Å². The number of rotatable bonds is 3. The average Bonchev–Trinajstić information content (AvgIpc) is 2.65. The Morgan fingerprint density at radius 2 is 1.75 bits per heavy atom. The topological polar surface area (TPSA) is 49.0 Å². The molecule has 0 saturated heterocycles. The maximum Gasteiger partial charge on any atom is 0.161 e. The minimum absolute atomic E-state index is 0.0367. The van der Waals surface area contributed by atoms with Crippen LogP contribution in [0, 0.1) is 0 Å². The zero-order valence-corrected chi connectivity index (χ0v) is 13.9. The predicted octanol–water partition coefficient (Wildman–Crippen LogP) is 2.71. The number of fused-ring (bicyclic) bond motifs is 2. The first-order valence-electron chi connectivity index (χ1n) is 8.18. The molecule has 126 valence electrons. The van der Waals surface area contributed by atoms with Crippen molar-refractivity contribution in [3.8, 4) is 23.0 Å². The summed E-state index contributed by atoms with van der Waals surface area (Å²) < 4.78 is 22.5. The average molecular weight is 327 g/mol. The van der Waals surface area contributed by atoms with Gasteiger partial charge in [-0.25, -0.2) is 0 Å². The van der Waals surface area contributed by atoms with Crippen molar-refractivity contribution in [2.45, 2.75) is 12.5 Å². The molecule has 0 radical (unpaired) electrons. The van der Waals surface area contributed by atoms with Crippen molar-refractivity contribution in [3.05, 3.63) is 47.0 Å². The van der Waals surface area contributed by atoms with Crippen molar-refractivity contribution >= 4 is 0 Å². The summed E-state index contributed by atoms with van der Waals surface area (Å²) in [6, 6.07) is 10.1. The number of benzene rings is 2. The largest absolute Gasteiger partial charge is 0.497 e. The highest BCUT2D eigenvalue weighted by Crippen LogP contribution is 2.41. The summed E-state index contributed by atoms with van der Waals surface area (Å²) in [5.41, 5.74) is 3.56. The second-order valence-electron chi connectivity index (χ2n) is 5.94. The van der Waals surface area contributed by atoms with E-state index in [1.807, 2.05) is 18.2 Å². The molecule has 0 amide bonds. The first-order valence-corrected chi connectivity index (χ1v) is 8.18. The van der Waals surface area contributed by atoms with Crippen LogP contribution >= 0.6 is 0 Å². The lowest BCUT2D eigenvalue weighted by molar-refractivity contribution is 0.171. The lowest BCUT2D eigenvalue weighted by atomic mass is 9.88. The third kappa shape index (κ3) is 2.55. The molecule has 2 aliphatic heterocycles. The molecule has 0 saturated carbocycles. The lowest BCUT2D eigenvalue weighted by Gasteiger charge is -2.30. The van der Waals surface area contributed by atoms with Gasteiger partial charge in [0.25, 0.3) is 0 Å². The summed E-state index contributed by atoms with van der Waals surface area (Å²) in [4.78, 5) is 0. The standard InChI is InChI=1S/C19H21NO4/c1-21-13-3-4-16(22-2)15(10-13)19-14-11-18-17(23-7-8-24-18)9-12(14)5-6-20-19/h3-4,9-11,19-20H,5-8H2,1-2H3. The third-order valence-corrected chi connectivity index (χ3v) is 4.61. The summed E-state index contributed by atoms with van der Waals surface area (Å²) in [5, 5.41) is 3.59. The van der Waals surface area contributed by atoms with E-state index < -0.39 is 0 Å². The molecule has 2 heterocycles. The Morgan fingerprint density at radius 3 is 2.50 bits per heavy atom. The van der Waals surface area contributed by atoms with Gasteiger partial charge in [-0.1, -0.05) is 0 Å². The zero-order chi connectivity index (χ0) is 16.5. The van der Waals surface area contributed by atoms with Gasteiger partial charge in [-0.05, 0) is 47.9 Å². The van der Waals surface area contributed by atoms with Gasteiger partial charge in [-0.15, -0.1) is 0 Å². The molecule has 0 fully saturated rings. The smallest absolute Gasteiger partial charge is 0.161 e. The van der Waals surface area contributed by atoms with Crippen molar-refractivity contribution < 1.29 is 18.9 Å². The Balaban J connectivity index is 1.82. The Bertz CT molecular complexity index is 759. The normalized spacial score (nSPS) is 18.7. The van der Waals surface area contributed by atoms with E-state index in [9.17, 15) is 0 Å². The van der Waals surface area contributed by atoms with Crippen LogP contribution in [0.4, 0.5) is 0 Å². The van der Waals surface area contributed by atoms with Crippen molar-refractivity contribution in [2.75, 3.05) is 34.0 Å². The van der Waals surface area contributed by atoms with Crippen LogP contribution in [0.1, 0.15) is 22.7 Å². The molecule has 0 spiro atoms. The van der Waals surface area contributed by atoms with Gasteiger partial charge >= 0.3 is 0 Å². The molecule has 2 aliphatic rings. The van der Waals surface area contributed by atoms with Crippen LogP contribution in [0.25, 0.3) is 0 Å². The summed E-state index contributed by atoms with van der Waals surface area (Å²) in [6.07, 6.45) is 0.967. The lowest BCUT2D eigenvalue weighted by Crippen LogP contribution is -2.31. The number of ether oxygens (including phenoxy) is 4. The fourth-order valence-corrected chi connectivity index (χ4v) is 3.44. The predicted molar refractivity (Wildman–Crippen MR) is 90.5 cm³/mol. The van der Waals surface area contributed by atoms with Gasteiger partial charge in [0, 0.05) is 12.1 Å². The molecule has 1 unspecified atom stereocenters. The fourth-order valence-electron chi connectivity index (χ4n) is 3.44. The van der Waals surface area contributed by atoms with Gasteiger partial charge in [0.2, 0.25) is 0 Å². The number of hydrogen-bond donors (Lipinski definition) is 1. The number of methoxy groups -OCH3 is 2. The Morgan fingerprint density at radius 1 is 0.958 bits per heavy atom. The van der Waals surface area contributed by atoms with Crippen molar-refractivity contribution in [1.82, 2.24) is 5.32 Å². The monoisotopic (exact) mass is 327 g/mol. The molecule has 4 rings (SSSR count). The SMILES string of the molecule is COc1ccc(OC)c(C2NCCc3cc4c(cc32)OCCO4)c1. The van der Waals surface area contributed by atoms with E-state index in [2.05, 4.69) is 17.4 Å². The Labute approximate surface area is 141 Å². The highest BCUT2D eigenvalue weighted by molar-refractivity contribution is 5.54. The third-order valence-electron chi connectivity index (χ3n) is 4.61. The molecule has 0 bridgehead atoms. The van der Waals surface area contributed by atoms with Crippen LogP contribution < -0.4 is 24.3 Å². The summed E-state index contributed by atoms with van der Waals surface area (Å²) in [5.74, 6) is 3.32. The van der Waals surface area contributed by atoms with Gasteiger partial charge in [0.05, 0.1) is 20.3 Å². The minimum atomic E-state index is 0.0367. The first kappa shape index (κ1) is 15.1. The Hall–Kier alpha value is -2.40. The van der Waals surface area contributed by atoms with Crippen LogP contribution in [0.3, 0.4) is 0 Å². The molecule has 1 atom stereocenters. The molecule has 2 aromatic carbocycles. The van der Waals surface area contributed by atoms with Crippen LogP contribution in [0.5, 0.6) is 23.0 Å². The minimum Gasteiger partial charge on any atom is -0.497 e. The van der Waals surface area contributed by atoms with Crippen LogP contribution in [0.15, 0.2) is 30.3 Å². The summed E-state index contributed by atoms with van der Waals surface area (Å²) >= 11 is 0. The van der Waals surface area contributed by atoms with Crippen LogP contribution in [-0.4, -0.2) is 34.0 Å². The van der Waals surface area contributed by atoms with E-state index in [1.165, 1.54) is 11.1 Å². The quantitative estimate of drug-likeness (QED) is 0.939. The van der Waals surface area contributed by atoms with E-state index in [0.717, 1.165) is 41.5 Å². The Kier molecular flexibility index (Phi) is 3.94.